The van der Waals surface area contributed by atoms with Crippen LogP contribution in [-0.4, -0.2) is 20.8 Å². The Balaban J connectivity index is 1.60. The molecule has 6 nitrogen and oxygen atoms in total. The van der Waals surface area contributed by atoms with E-state index in [0.29, 0.717) is 12.4 Å². The summed E-state index contributed by atoms with van der Waals surface area (Å²) in [6.07, 6.45) is 4.19. The number of anilines is 2. The molecule has 2 N–H and O–H groups in total. The van der Waals surface area contributed by atoms with Crippen molar-refractivity contribution >= 4 is 17.5 Å². The first-order chi connectivity index (χ1) is 11.2. The lowest BCUT2D eigenvalue weighted by molar-refractivity contribution is 0.262. The molecule has 0 saturated heterocycles. The number of hydrogen-bond donors (Lipinski definition) is 2. The Morgan fingerprint density at radius 1 is 1.13 bits per heavy atom. The molecule has 3 aromatic rings. The van der Waals surface area contributed by atoms with Gasteiger partial charge >= 0.3 is 6.03 Å². The van der Waals surface area contributed by atoms with E-state index >= 15 is 0 Å². The monoisotopic (exact) mass is 311 g/mol. The van der Waals surface area contributed by atoms with Gasteiger partial charge in [-0.15, -0.1) is 0 Å². The average molecular weight is 311 g/mol. The highest BCUT2D eigenvalue weighted by Gasteiger charge is 2.08. The van der Waals surface area contributed by atoms with Crippen molar-refractivity contribution in [1.82, 2.24) is 14.8 Å². The lowest BCUT2D eigenvalue weighted by Crippen LogP contribution is -2.20. The number of rotatable bonds is 4. The SMILES string of the molecule is O=C(Nc1ccn(Cc2ccccc2)n1)Nc1ccncc1F. The molecular formula is C16H14FN5O. The van der Waals surface area contributed by atoms with E-state index in [0.717, 1.165) is 11.8 Å². The molecule has 0 aliphatic carbocycles. The Labute approximate surface area is 132 Å². The molecule has 116 valence electrons. The Bertz CT molecular complexity index is 803. The molecule has 1 aromatic carbocycles. The predicted octanol–water partition coefficient (Wildman–Crippen LogP) is 3.11. The van der Waals surface area contributed by atoms with Crippen LogP contribution in [0.15, 0.2) is 61.1 Å². The molecule has 0 aliphatic heterocycles. The van der Waals surface area contributed by atoms with Gasteiger partial charge in [0.1, 0.15) is 0 Å². The normalized spacial score (nSPS) is 10.3. The van der Waals surface area contributed by atoms with Crippen molar-refractivity contribution in [3.05, 3.63) is 72.4 Å². The highest BCUT2D eigenvalue weighted by Crippen LogP contribution is 2.12. The summed E-state index contributed by atoms with van der Waals surface area (Å²) in [7, 11) is 0. The zero-order valence-electron chi connectivity index (χ0n) is 12.1. The summed E-state index contributed by atoms with van der Waals surface area (Å²) >= 11 is 0. The minimum atomic E-state index is -0.600. The number of urea groups is 1. The Hall–Kier alpha value is -3.22. The Morgan fingerprint density at radius 3 is 2.74 bits per heavy atom. The molecule has 7 heteroatoms. The zero-order chi connectivity index (χ0) is 16.1. The fourth-order valence-electron chi connectivity index (χ4n) is 2.03. The highest BCUT2D eigenvalue weighted by molar-refractivity contribution is 5.99. The minimum Gasteiger partial charge on any atom is -0.305 e. The number of aromatic nitrogens is 3. The van der Waals surface area contributed by atoms with Gasteiger partial charge in [0.15, 0.2) is 11.6 Å². The molecule has 0 atom stereocenters. The highest BCUT2D eigenvalue weighted by atomic mass is 19.1. The van der Waals surface area contributed by atoms with E-state index in [1.165, 1.54) is 12.3 Å². The number of pyridine rings is 1. The third kappa shape index (κ3) is 3.91. The van der Waals surface area contributed by atoms with Crippen molar-refractivity contribution < 1.29 is 9.18 Å². The molecule has 0 unspecified atom stereocenters. The second-order valence-electron chi connectivity index (χ2n) is 4.82. The molecule has 0 saturated carbocycles. The standard InChI is InChI=1S/C16H14FN5O/c17-13-10-18-8-6-14(13)19-16(23)20-15-7-9-22(21-15)11-12-4-2-1-3-5-12/h1-10H,11H2,(H2,18,19,20,21,23). The van der Waals surface area contributed by atoms with Gasteiger partial charge in [-0.1, -0.05) is 30.3 Å². The van der Waals surface area contributed by atoms with E-state index < -0.39 is 11.8 Å². The van der Waals surface area contributed by atoms with E-state index in [9.17, 15) is 9.18 Å². The summed E-state index contributed by atoms with van der Waals surface area (Å²) in [5, 5.41) is 9.21. The molecule has 0 radical (unpaired) electrons. The second-order valence-corrected chi connectivity index (χ2v) is 4.82. The molecule has 2 heterocycles. The fraction of sp³-hybridized carbons (Fsp3) is 0.0625. The van der Waals surface area contributed by atoms with E-state index in [-0.39, 0.29) is 5.69 Å². The van der Waals surface area contributed by atoms with Crippen molar-refractivity contribution in [2.24, 2.45) is 0 Å². The summed E-state index contributed by atoms with van der Waals surface area (Å²) in [4.78, 5) is 15.5. The van der Waals surface area contributed by atoms with Gasteiger partial charge in [-0.2, -0.15) is 5.10 Å². The topological polar surface area (TPSA) is 71.8 Å². The van der Waals surface area contributed by atoms with Crippen LogP contribution >= 0.6 is 0 Å². The third-order valence-corrected chi connectivity index (χ3v) is 3.09. The van der Waals surface area contributed by atoms with Crippen LogP contribution in [-0.2, 0) is 6.54 Å². The largest absolute Gasteiger partial charge is 0.324 e. The van der Waals surface area contributed by atoms with Gasteiger partial charge in [-0.25, -0.2) is 9.18 Å². The summed E-state index contributed by atoms with van der Waals surface area (Å²) < 4.78 is 15.1. The number of benzene rings is 1. The van der Waals surface area contributed by atoms with Crippen LogP contribution in [0.3, 0.4) is 0 Å². The van der Waals surface area contributed by atoms with Gasteiger partial charge in [-0.05, 0) is 11.6 Å². The first kappa shape index (κ1) is 14.7. The molecule has 0 fully saturated rings. The quantitative estimate of drug-likeness (QED) is 0.777. The first-order valence-corrected chi connectivity index (χ1v) is 6.95. The molecule has 2 amide bonds. The van der Waals surface area contributed by atoms with Crippen LogP contribution in [0.2, 0.25) is 0 Å². The molecule has 23 heavy (non-hydrogen) atoms. The number of hydrogen-bond acceptors (Lipinski definition) is 3. The first-order valence-electron chi connectivity index (χ1n) is 6.95. The van der Waals surface area contributed by atoms with Crippen LogP contribution < -0.4 is 10.6 Å². The van der Waals surface area contributed by atoms with Gasteiger partial charge in [0.05, 0.1) is 18.4 Å². The number of nitrogens with one attached hydrogen (secondary N) is 2. The van der Waals surface area contributed by atoms with Crippen molar-refractivity contribution in [2.45, 2.75) is 6.54 Å². The molecule has 0 spiro atoms. The summed E-state index contributed by atoms with van der Waals surface area (Å²) in [5.74, 6) is -0.217. The fourth-order valence-corrected chi connectivity index (χ4v) is 2.03. The van der Waals surface area contributed by atoms with Crippen molar-refractivity contribution in [3.63, 3.8) is 0 Å². The Morgan fingerprint density at radius 2 is 1.96 bits per heavy atom. The lowest BCUT2D eigenvalue weighted by atomic mass is 10.2. The Kier molecular flexibility index (Phi) is 4.28. The summed E-state index contributed by atoms with van der Waals surface area (Å²) in [6, 6.07) is 12.3. The van der Waals surface area contributed by atoms with Crippen LogP contribution in [0.1, 0.15) is 5.56 Å². The number of amides is 2. The number of nitrogens with zero attached hydrogens (tertiary/aromatic N) is 3. The van der Waals surface area contributed by atoms with Gasteiger partial charge < -0.3 is 5.32 Å². The molecule has 0 bridgehead atoms. The molecule has 2 aromatic heterocycles. The van der Waals surface area contributed by atoms with Crippen LogP contribution in [0.4, 0.5) is 20.7 Å². The minimum absolute atomic E-state index is 0.0567. The van der Waals surface area contributed by atoms with Gasteiger partial charge in [-0.3, -0.25) is 15.0 Å². The van der Waals surface area contributed by atoms with Crippen molar-refractivity contribution in [1.29, 1.82) is 0 Å². The van der Waals surface area contributed by atoms with Crippen LogP contribution in [0, 0.1) is 5.82 Å². The third-order valence-electron chi connectivity index (χ3n) is 3.09. The number of carbonyl (C=O) groups is 1. The van der Waals surface area contributed by atoms with E-state index in [4.69, 9.17) is 0 Å². The molecular weight excluding hydrogens is 297 g/mol. The molecule has 0 aliphatic rings. The maximum atomic E-state index is 13.4. The van der Waals surface area contributed by atoms with Gasteiger partial charge in [0.2, 0.25) is 0 Å². The average Bonchev–Trinajstić information content (AvgIpc) is 2.97. The predicted molar refractivity (Wildman–Crippen MR) is 84.6 cm³/mol. The van der Waals surface area contributed by atoms with E-state index in [2.05, 4.69) is 20.7 Å². The summed E-state index contributed by atoms with van der Waals surface area (Å²) in [5.41, 5.74) is 1.16. The number of halogens is 1. The van der Waals surface area contributed by atoms with E-state index in [1.807, 2.05) is 30.3 Å². The van der Waals surface area contributed by atoms with Crippen LogP contribution in [0.25, 0.3) is 0 Å². The van der Waals surface area contributed by atoms with Crippen molar-refractivity contribution in [2.75, 3.05) is 10.6 Å². The van der Waals surface area contributed by atoms with E-state index in [1.54, 1.807) is 16.9 Å². The lowest BCUT2D eigenvalue weighted by Gasteiger charge is -2.06. The molecule has 3 rings (SSSR count). The maximum Gasteiger partial charge on any atom is 0.324 e. The van der Waals surface area contributed by atoms with Gasteiger partial charge in [0, 0.05) is 18.5 Å². The maximum absolute atomic E-state index is 13.4. The number of carbonyl (C=O) groups excluding carboxylic acids is 1. The zero-order valence-corrected chi connectivity index (χ0v) is 12.1. The van der Waals surface area contributed by atoms with Crippen molar-refractivity contribution in [3.8, 4) is 0 Å². The second kappa shape index (κ2) is 6.69. The van der Waals surface area contributed by atoms with Crippen LogP contribution in [0.5, 0.6) is 0 Å². The van der Waals surface area contributed by atoms with Gasteiger partial charge in [0.25, 0.3) is 0 Å². The summed E-state index contributed by atoms with van der Waals surface area (Å²) in [6.45, 7) is 0.600. The smallest absolute Gasteiger partial charge is 0.305 e.